The summed E-state index contributed by atoms with van der Waals surface area (Å²) in [5, 5.41) is 20.4. The van der Waals surface area contributed by atoms with Crippen LogP contribution in [0.4, 0.5) is 0 Å². The second kappa shape index (κ2) is 26.1. The van der Waals surface area contributed by atoms with E-state index in [-0.39, 0.29) is 12.1 Å². The molecule has 0 unspecified atom stereocenters. The Kier molecular flexibility index (Phi) is 24.2. The number of cyclic esters (lactones) is 1. The normalized spacial score (nSPS) is 16.9. The molecule has 1 aliphatic heterocycles. The van der Waals surface area contributed by atoms with E-state index in [0.717, 1.165) is 44.1 Å². The molecule has 0 aromatic heterocycles. The Labute approximate surface area is 242 Å². The summed E-state index contributed by atoms with van der Waals surface area (Å²) in [5.41, 5.74) is 0.887. The maximum Gasteiger partial charge on any atom is 0.334 e. The van der Waals surface area contributed by atoms with Crippen LogP contribution in [0.5, 0.6) is 0 Å². The van der Waals surface area contributed by atoms with Gasteiger partial charge in [0.15, 0.2) is 0 Å². The summed E-state index contributed by atoms with van der Waals surface area (Å²) >= 11 is 0. The van der Waals surface area contributed by atoms with Crippen LogP contribution in [-0.2, 0) is 9.53 Å². The average Bonchev–Trinajstić information content (AvgIpc) is 3.25. The summed E-state index contributed by atoms with van der Waals surface area (Å²) in [4.78, 5) is 11.6. The zero-order chi connectivity index (χ0) is 28.4. The van der Waals surface area contributed by atoms with Gasteiger partial charge in [0, 0.05) is 5.57 Å². The number of rotatable bonds is 29. The average molecular weight is 551 g/mol. The monoisotopic (exact) mass is 550 g/mol. The molecule has 0 fully saturated rings. The van der Waals surface area contributed by atoms with Gasteiger partial charge in [-0.1, -0.05) is 155 Å². The summed E-state index contributed by atoms with van der Waals surface area (Å²) in [6.45, 7) is 4.18. The Morgan fingerprint density at radius 2 is 0.923 bits per heavy atom. The molecule has 0 radical (unpaired) electrons. The molecule has 0 aromatic rings. The van der Waals surface area contributed by atoms with E-state index in [4.69, 9.17) is 4.74 Å². The Hall–Kier alpha value is -0.870. The number of carbonyl (C=O) groups excluding carboxylic acids is 1. The van der Waals surface area contributed by atoms with Crippen molar-refractivity contribution in [3.63, 3.8) is 0 Å². The summed E-state index contributed by atoms with van der Waals surface area (Å²) in [6, 6.07) is 0. The van der Waals surface area contributed by atoms with Crippen LogP contribution in [0.3, 0.4) is 0 Å². The lowest BCUT2D eigenvalue weighted by Crippen LogP contribution is -2.25. The molecule has 0 spiro atoms. The molecule has 4 nitrogen and oxygen atoms in total. The van der Waals surface area contributed by atoms with Gasteiger partial charge in [0.1, 0.15) is 6.10 Å². The molecular formula is C35H66O4. The van der Waals surface area contributed by atoms with Gasteiger partial charge in [0.05, 0.1) is 12.2 Å². The van der Waals surface area contributed by atoms with Crippen LogP contribution in [0.1, 0.15) is 187 Å². The highest BCUT2D eigenvalue weighted by Gasteiger charge is 2.21. The van der Waals surface area contributed by atoms with E-state index in [0.29, 0.717) is 0 Å². The van der Waals surface area contributed by atoms with E-state index in [9.17, 15) is 15.0 Å². The molecule has 0 aromatic carbocycles. The number of hydrogen-bond donors (Lipinski definition) is 2. The van der Waals surface area contributed by atoms with E-state index >= 15 is 0 Å². The van der Waals surface area contributed by atoms with Gasteiger partial charge in [-0.2, -0.15) is 0 Å². The molecule has 0 aliphatic carbocycles. The maximum atomic E-state index is 11.6. The van der Waals surface area contributed by atoms with Crippen molar-refractivity contribution < 1.29 is 19.7 Å². The van der Waals surface area contributed by atoms with Crippen LogP contribution in [-0.4, -0.2) is 34.5 Å². The van der Waals surface area contributed by atoms with E-state index in [1.54, 1.807) is 0 Å². The number of carbonyl (C=O) groups is 1. The zero-order valence-electron chi connectivity index (χ0n) is 26.1. The fraction of sp³-hybridized carbons (Fsp3) is 0.914. The molecule has 2 N–H and O–H groups in total. The number of hydrogen-bond acceptors (Lipinski definition) is 4. The Balaban J connectivity index is 1.74. The Morgan fingerprint density at radius 3 is 1.26 bits per heavy atom. The Morgan fingerprint density at radius 1 is 0.590 bits per heavy atom. The SMILES string of the molecule is CCCCCCCCCC[C@@H](O)[C@H](O)CCCCCCCCCCCCCCCCCCC1=C[C@@H](C)OC1=O. The molecule has 3 atom stereocenters. The number of unbranched alkanes of at least 4 members (excludes halogenated alkanes) is 22. The van der Waals surface area contributed by atoms with Crippen molar-refractivity contribution >= 4 is 5.97 Å². The smallest absolute Gasteiger partial charge is 0.334 e. The molecule has 4 heteroatoms. The highest BCUT2D eigenvalue weighted by Crippen LogP contribution is 2.20. The second-order valence-electron chi connectivity index (χ2n) is 12.4. The van der Waals surface area contributed by atoms with Gasteiger partial charge in [-0.05, 0) is 38.7 Å². The first-order valence-corrected chi connectivity index (χ1v) is 17.3. The fourth-order valence-electron chi connectivity index (χ4n) is 5.83. The Bertz CT molecular complexity index is 587. The van der Waals surface area contributed by atoms with E-state index in [2.05, 4.69) is 6.92 Å². The summed E-state index contributed by atoms with van der Waals surface area (Å²) in [7, 11) is 0. The lowest BCUT2D eigenvalue weighted by atomic mass is 9.99. The van der Waals surface area contributed by atoms with Gasteiger partial charge in [-0.3, -0.25) is 0 Å². The first-order valence-electron chi connectivity index (χ1n) is 17.3. The highest BCUT2D eigenvalue weighted by molar-refractivity contribution is 5.90. The van der Waals surface area contributed by atoms with Gasteiger partial charge < -0.3 is 14.9 Å². The molecule has 0 amide bonds. The van der Waals surface area contributed by atoms with Crippen LogP contribution in [0.2, 0.25) is 0 Å². The summed E-state index contributed by atoms with van der Waals surface area (Å²) in [6.07, 6.45) is 34.2. The maximum absolute atomic E-state index is 11.6. The first kappa shape index (κ1) is 36.2. The third-order valence-corrected chi connectivity index (χ3v) is 8.48. The topological polar surface area (TPSA) is 66.8 Å². The number of aliphatic hydroxyl groups is 2. The summed E-state index contributed by atoms with van der Waals surface area (Å²) < 4.78 is 5.15. The van der Waals surface area contributed by atoms with Gasteiger partial charge in [0.2, 0.25) is 0 Å². The van der Waals surface area contributed by atoms with E-state index in [1.165, 1.54) is 135 Å². The number of ether oxygens (including phenoxy) is 1. The van der Waals surface area contributed by atoms with Crippen molar-refractivity contribution in [2.75, 3.05) is 0 Å². The minimum atomic E-state index is -0.527. The molecule has 1 heterocycles. The van der Waals surface area contributed by atoms with Crippen molar-refractivity contribution in [2.24, 2.45) is 0 Å². The summed E-state index contributed by atoms with van der Waals surface area (Å²) in [5.74, 6) is -0.102. The van der Waals surface area contributed by atoms with E-state index < -0.39 is 12.2 Å². The highest BCUT2D eigenvalue weighted by atomic mass is 16.5. The van der Waals surface area contributed by atoms with Gasteiger partial charge in [0.25, 0.3) is 0 Å². The largest absolute Gasteiger partial charge is 0.455 e. The number of aliphatic hydroxyl groups excluding tert-OH is 2. The van der Waals surface area contributed by atoms with Crippen molar-refractivity contribution in [3.05, 3.63) is 11.6 Å². The second-order valence-corrected chi connectivity index (χ2v) is 12.4. The van der Waals surface area contributed by atoms with Crippen molar-refractivity contribution in [2.45, 2.75) is 206 Å². The zero-order valence-corrected chi connectivity index (χ0v) is 26.1. The third kappa shape index (κ3) is 21.5. The number of esters is 1. The molecule has 230 valence electrons. The quantitative estimate of drug-likeness (QED) is 0.0718. The molecular weight excluding hydrogens is 484 g/mol. The fourth-order valence-corrected chi connectivity index (χ4v) is 5.83. The minimum Gasteiger partial charge on any atom is -0.455 e. The molecule has 39 heavy (non-hydrogen) atoms. The molecule has 1 rings (SSSR count). The van der Waals surface area contributed by atoms with Gasteiger partial charge >= 0.3 is 5.97 Å². The van der Waals surface area contributed by atoms with E-state index in [1.807, 2.05) is 13.0 Å². The third-order valence-electron chi connectivity index (χ3n) is 8.48. The first-order chi connectivity index (χ1) is 19.0. The lowest BCUT2D eigenvalue weighted by molar-refractivity contribution is -0.139. The molecule has 0 saturated carbocycles. The van der Waals surface area contributed by atoms with Crippen molar-refractivity contribution in [1.29, 1.82) is 0 Å². The minimum absolute atomic E-state index is 0.0290. The van der Waals surface area contributed by atoms with Crippen LogP contribution in [0.15, 0.2) is 11.6 Å². The van der Waals surface area contributed by atoms with Crippen LogP contribution >= 0.6 is 0 Å². The van der Waals surface area contributed by atoms with Gasteiger partial charge in [-0.15, -0.1) is 0 Å². The lowest BCUT2D eigenvalue weighted by Gasteiger charge is -2.17. The molecule has 0 saturated heterocycles. The van der Waals surface area contributed by atoms with Crippen LogP contribution < -0.4 is 0 Å². The predicted octanol–water partition coefficient (Wildman–Crippen LogP) is 10.1. The van der Waals surface area contributed by atoms with Crippen LogP contribution in [0, 0.1) is 0 Å². The molecule has 0 bridgehead atoms. The van der Waals surface area contributed by atoms with Gasteiger partial charge in [-0.25, -0.2) is 4.79 Å². The molecule has 1 aliphatic rings. The van der Waals surface area contributed by atoms with Crippen molar-refractivity contribution in [1.82, 2.24) is 0 Å². The van der Waals surface area contributed by atoms with Crippen molar-refractivity contribution in [3.8, 4) is 0 Å². The predicted molar refractivity (Wildman–Crippen MR) is 166 cm³/mol. The standard InChI is InChI=1S/C35H66O4/c1-3-4-5-6-7-19-22-25-28-33(36)34(37)29-26-23-20-17-15-13-11-9-8-10-12-14-16-18-21-24-27-32-30-31(2)39-35(32)38/h30-31,33-34,36-37H,3-29H2,1-2H3/t31-,33-,34-/m1/s1. The van der Waals surface area contributed by atoms with Crippen LogP contribution in [0.25, 0.3) is 0 Å².